The van der Waals surface area contributed by atoms with E-state index >= 15 is 4.39 Å². The van der Waals surface area contributed by atoms with Crippen molar-refractivity contribution in [2.24, 2.45) is 0 Å². The Hall–Kier alpha value is -2.45. The number of halogens is 1. The highest BCUT2D eigenvalue weighted by Crippen LogP contribution is 2.36. The van der Waals surface area contributed by atoms with Gasteiger partial charge in [-0.2, -0.15) is 0 Å². The van der Waals surface area contributed by atoms with Crippen LogP contribution < -0.4 is 15.5 Å². The van der Waals surface area contributed by atoms with E-state index in [9.17, 15) is 0 Å². The normalized spacial score (nSPS) is 19.9. The Balaban J connectivity index is 1.58. The van der Waals surface area contributed by atoms with Crippen molar-refractivity contribution in [2.75, 3.05) is 62.0 Å². The van der Waals surface area contributed by atoms with Crippen molar-refractivity contribution in [3.63, 3.8) is 0 Å². The van der Waals surface area contributed by atoms with Crippen molar-refractivity contribution in [3.05, 3.63) is 30.3 Å². The van der Waals surface area contributed by atoms with Gasteiger partial charge in [0.05, 0.1) is 30.8 Å². The molecule has 156 valence electrons. The molecule has 0 aliphatic carbocycles. The van der Waals surface area contributed by atoms with Crippen LogP contribution in [0.3, 0.4) is 0 Å². The predicted molar refractivity (Wildman–Crippen MR) is 114 cm³/mol. The number of aromatic nitrogens is 2. The molecule has 2 aromatic rings. The Morgan fingerprint density at radius 2 is 1.93 bits per heavy atom. The molecular weight excluding hydrogens is 371 g/mol. The number of nitrogens with zero attached hydrogens (tertiary/aromatic N) is 5. The summed E-state index contributed by atoms with van der Waals surface area (Å²) in [6.45, 7) is 6.82. The van der Waals surface area contributed by atoms with Crippen LogP contribution in [0.5, 0.6) is 0 Å². The highest BCUT2D eigenvalue weighted by atomic mass is 19.1. The first-order valence-corrected chi connectivity index (χ1v) is 10.3. The average Bonchev–Trinajstić information content (AvgIpc) is 3.25. The number of hydrogen-bond acceptors (Lipinski definition) is 7. The lowest BCUT2D eigenvalue weighted by Gasteiger charge is -2.34. The SMILES string of the molecule is CCN(C)C1CCCN1c1cc(F)c(-c2cnc(N3CCOCC3)nc2)cc1N. The van der Waals surface area contributed by atoms with Crippen molar-refractivity contribution in [2.45, 2.75) is 25.9 Å². The minimum atomic E-state index is -0.304. The molecular formula is C21H29FN6O. The van der Waals surface area contributed by atoms with Crippen molar-refractivity contribution in [1.29, 1.82) is 0 Å². The van der Waals surface area contributed by atoms with Gasteiger partial charge in [0, 0.05) is 43.2 Å². The standard InChI is InChI=1S/C21H29FN6O/c1-3-26(2)20-5-4-6-28(20)19-12-17(22)16(11-18(19)23)15-13-24-21(25-14-15)27-7-9-29-10-8-27/h11-14,20H,3-10,23H2,1-2H3. The number of anilines is 3. The van der Waals surface area contributed by atoms with E-state index in [0.717, 1.165) is 44.7 Å². The molecule has 1 aromatic carbocycles. The van der Waals surface area contributed by atoms with Crippen LogP contribution in [0.15, 0.2) is 24.5 Å². The maximum absolute atomic E-state index is 15.1. The molecule has 0 spiro atoms. The highest BCUT2D eigenvalue weighted by Gasteiger charge is 2.29. The summed E-state index contributed by atoms with van der Waals surface area (Å²) in [5, 5.41) is 0. The number of rotatable bonds is 5. The van der Waals surface area contributed by atoms with Crippen molar-refractivity contribution in [3.8, 4) is 11.1 Å². The van der Waals surface area contributed by atoms with Crippen molar-refractivity contribution in [1.82, 2.24) is 14.9 Å². The Kier molecular flexibility index (Phi) is 5.82. The molecule has 7 nitrogen and oxygen atoms in total. The van der Waals surface area contributed by atoms with Crippen LogP contribution in [-0.2, 0) is 4.74 Å². The maximum Gasteiger partial charge on any atom is 0.225 e. The summed E-state index contributed by atoms with van der Waals surface area (Å²) in [5.74, 6) is 0.339. The molecule has 2 aliphatic heterocycles. The first-order valence-electron chi connectivity index (χ1n) is 10.3. The fourth-order valence-electron chi connectivity index (χ4n) is 4.14. The van der Waals surface area contributed by atoms with Crippen LogP contribution in [-0.4, -0.2) is 67.5 Å². The van der Waals surface area contributed by atoms with E-state index in [1.807, 2.05) is 0 Å². The van der Waals surface area contributed by atoms with Crippen LogP contribution in [0.1, 0.15) is 19.8 Å². The summed E-state index contributed by atoms with van der Waals surface area (Å²) in [6, 6.07) is 3.27. The largest absolute Gasteiger partial charge is 0.397 e. The molecule has 8 heteroatoms. The second kappa shape index (κ2) is 8.51. The average molecular weight is 401 g/mol. The maximum atomic E-state index is 15.1. The molecule has 0 saturated carbocycles. The van der Waals surface area contributed by atoms with E-state index in [4.69, 9.17) is 10.5 Å². The lowest BCUT2D eigenvalue weighted by Crippen LogP contribution is -2.42. The van der Waals surface area contributed by atoms with Gasteiger partial charge in [-0.15, -0.1) is 0 Å². The van der Waals surface area contributed by atoms with Crippen LogP contribution in [0.4, 0.5) is 21.7 Å². The van der Waals surface area contributed by atoms with Crippen LogP contribution in [0.2, 0.25) is 0 Å². The smallest absolute Gasteiger partial charge is 0.225 e. The topological polar surface area (TPSA) is 70.8 Å². The number of nitrogen functional groups attached to an aromatic ring is 1. The second-order valence-electron chi connectivity index (χ2n) is 7.65. The number of morpholine rings is 1. The van der Waals surface area contributed by atoms with Gasteiger partial charge in [0.1, 0.15) is 5.82 Å². The van der Waals surface area contributed by atoms with E-state index < -0.39 is 0 Å². The Morgan fingerprint density at radius 1 is 1.21 bits per heavy atom. The summed E-state index contributed by atoms with van der Waals surface area (Å²) >= 11 is 0. The summed E-state index contributed by atoms with van der Waals surface area (Å²) in [5.41, 5.74) is 8.77. The summed E-state index contributed by atoms with van der Waals surface area (Å²) in [6.07, 6.45) is 5.72. The first kappa shape index (κ1) is 19.8. The van der Waals surface area contributed by atoms with Gasteiger partial charge in [-0.1, -0.05) is 6.92 Å². The highest BCUT2D eigenvalue weighted by molar-refractivity contribution is 5.77. The molecule has 2 aliphatic rings. The molecule has 1 aromatic heterocycles. The fourth-order valence-corrected chi connectivity index (χ4v) is 4.14. The van der Waals surface area contributed by atoms with Gasteiger partial charge in [-0.25, -0.2) is 14.4 Å². The molecule has 29 heavy (non-hydrogen) atoms. The zero-order valence-corrected chi connectivity index (χ0v) is 17.1. The molecule has 0 bridgehead atoms. The molecule has 0 amide bonds. The van der Waals surface area contributed by atoms with Gasteiger partial charge in [-0.3, -0.25) is 4.90 Å². The van der Waals surface area contributed by atoms with Gasteiger partial charge < -0.3 is 20.3 Å². The van der Waals surface area contributed by atoms with Gasteiger partial charge in [0.25, 0.3) is 0 Å². The monoisotopic (exact) mass is 400 g/mol. The molecule has 0 radical (unpaired) electrons. The third-order valence-corrected chi connectivity index (χ3v) is 5.90. The van der Waals surface area contributed by atoms with Gasteiger partial charge in [0.15, 0.2) is 0 Å². The summed E-state index contributed by atoms with van der Waals surface area (Å²) < 4.78 is 20.4. The summed E-state index contributed by atoms with van der Waals surface area (Å²) in [7, 11) is 2.09. The number of ether oxygens (including phenoxy) is 1. The Bertz CT molecular complexity index is 840. The zero-order chi connectivity index (χ0) is 20.4. The van der Waals surface area contributed by atoms with Gasteiger partial charge in [-0.05, 0) is 38.6 Å². The lowest BCUT2D eigenvalue weighted by atomic mass is 10.1. The lowest BCUT2D eigenvalue weighted by molar-refractivity contribution is 0.122. The Labute approximate surface area is 171 Å². The van der Waals surface area contributed by atoms with Crippen LogP contribution >= 0.6 is 0 Å². The minimum absolute atomic E-state index is 0.253. The molecule has 1 atom stereocenters. The molecule has 2 saturated heterocycles. The van der Waals surface area contributed by atoms with Crippen LogP contribution in [0.25, 0.3) is 11.1 Å². The number of nitrogens with two attached hydrogens (primary N) is 1. The molecule has 4 rings (SSSR count). The second-order valence-corrected chi connectivity index (χ2v) is 7.65. The van der Waals surface area contributed by atoms with E-state index in [2.05, 4.69) is 38.6 Å². The molecule has 2 N–H and O–H groups in total. The first-order chi connectivity index (χ1) is 14.1. The predicted octanol–water partition coefficient (Wildman–Crippen LogP) is 2.58. The van der Waals surface area contributed by atoms with Gasteiger partial charge >= 0.3 is 0 Å². The Morgan fingerprint density at radius 3 is 2.62 bits per heavy atom. The minimum Gasteiger partial charge on any atom is -0.397 e. The van der Waals surface area contributed by atoms with E-state index in [0.29, 0.717) is 36.0 Å². The molecule has 1 unspecified atom stereocenters. The summed E-state index contributed by atoms with van der Waals surface area (Å²) in [4.78, 5) is 15.4. The quantitative estimate of drug-likeness (QED) is 0.774. The number of hydrogen-bond donors (Lipinski definition) is 1. The van der Waals surface area contributed by atoms with Gasteiger partial charge in [0.2, 0.25) is 5.95 Å². The van der Waals surface area contributed by atoms with Crippen molar-refractivity contribution < 1.29 is 9.13 Å². The van der Waals surface area contributed by atoms with Crippen LogP contribution in [0, 0.1) is 5.82 Å². The van der Waals surface area contributed by atoms with E-state index in [-0.39, 0.29) is 12.0 Å². The third kappa shape index (κ3) is 4.00. The molecule has 2 fully saturated rings. The zero-order valence-electron chi connectivity index (χ0n) is 17.1. The third-order valence-electron chi connectivity index (χ3n) is 5.90. The molecule has 3 heterocycles. The van der Waals surface area contributed by atoms with Crippen molar-refractivity contribution >= 4 is 17.3 Å². The van der Waals surface area contributed by atoms with E-state index in [1.165, 1.54) is 0 Å². The number of benzene rings is 1. The van der Waals surface area contributed by atoms with E-state index in [1.54, 1.807) is 24.5 Å². The fraction of sp³-hybridized carbons (Fsp3) is 0.524.